The van der Waals surface area contributed by atoms with Gasteiger partial charge in [0.05, 0.1) is 11.0 Å². The largest absolute Gasteiger partial charge is 0.338 e. The SMILES string of the molecule is NCCCC(N)CCCC(N)CCCc1ccccc1-c1nc2ccccc2[nH]1. The summed E-state index contributed by atoms with van der Waals surface area (Å²) in [5.74, 6) is 0.942. The number of aryl methyl sites for hydroxylation is 1. The molecule has 2 aromatic carbocycles. The zero-order valence-electron chi connectivity index (χ0n) is 17.3. The fraction of sp³-hybridized carbons (Fsp3) is 0.458. The predicted octanol–water partition coefficient (Wildman–Crippen LogP) is 4.12. The lowest BCUT2D eigenvalue weighted by atomic mass is 9.97. The van der Waals surface area contributed by atoms with Crippen LogP contribution in [0.3, 0.4) is 0 Å². The monoisotopic (exact) mass is 393 g/mol. The van der Waals surface area contributed by atoms with E-state index in [1.165, 1.54) is 11.1 Å². The topological polar surface area (TPSA) is 107 Å². The zero-order valence-corrected chi connectivity index (χ0v) is 17.3. The van der Waals surface area contributed by atoms with Gasteiger partial charge >= 0.3 is 0 Å². The Bertz CT molecular complexity index is 839. The van der Waals surface area contributed by atoms with Crippen molar-refractivity contribution < 1.29 is 0 Å². The van der Waals surface area contributed by atoms with Gasteiger partial charge in [-0.1, -0.05) is 42.8 Å². The number of nitrogens with zero attached hydrogens (tertiary/aromatic N) is 1. The summed E-state index contributed by atoms with van der Waals surface area (Å²) in [6, 6.07) is 17.2. The highest BCUT2D eigenvalue weighted by atomic mass is 14.9. The third kappa shape index (κ3) is 6.39. The minimum atomic E-state index is 0.245. The van der Waals surface area contributed by atoms with E-state index in [0.717, 1.165) is 74.8 Å². The average Bonchev–Trinajstić information content (AvgIpc) is 3.16. The van der Waals surface area contributed by atoms with Crippen LogP contribution in [0.2, 0.25) is 0 Å². The molecule has 2 unspecified atom stereocenters. The maximum absolute atomic E-state index is 6.35. The van der Waals surface area contributed by atoms with Gasteiger partial charge in [0.15, 0.2) is 0 Å². The number of imidazole rings is 1. The van der Waals surface area contributed by atoms with Crippen molar-refractivity contribution in [3.63, 3.8) is 0 Å². The lowest BCUT2D eigenvalue weighted by Crippen LogP contribution is -2.24. The molecule has 3 aromatic rings. The molecule has 0 aliphatic rings. The first-order valence-corrected chi connectivity index (χ1v) is 10.9. The fourth-order valence-electron chi connectivity index (χ4n) is 3.92. The number of rotatable bonds is 12. The fourth-order valence-corrected chi connectivity index (χ4v) is 3.92. The first-order valence-electron chi connectivity index (χ1n) is 10.9. The molecular weight excluding hydrogens is 358 g/mol. The van der Waals surface area contributed by atoms with Gasteiger partial charge in [0, 0.05) is 17.6 Å². The molecule has 0 fully saturated rings. The van der Waals surface area contributed by atoms with Crippen LogP contribution in [0.1, 0.15) is 50.5 Å². The molecule has 0 saturated carbocycles. The van der Waals surface area contributed by atoms with E-state index in [4.69, 9.17) is 22.2 Å². The molecule has 0 aliphatic carbocycles. The summed E-state index contributed by atoms with van der Waals surface area (Å²) in [4.78, 5) is 8.21. The number of benzene rings is 2. The quantitative estimate of drug-likeness (QED) is 0.371. The maximum atomic E-state index is 6.35. The average molecular weight is 394 g/mol. The molecule has 5 nitrogen and oxygen atoms in total. The Labute approximate surface area is 174 Å². The van der Waals surface area contributed by atoms with Crippen molar-refractivity contribution in [3.8, 4) is 11.4 Å². The number of nitrogens with two attached hydrogens (primary N) is 3. The molecule has 1 aromatic heterocycles. The van der Waals surface area contributed by atoms with Crippen molar-refractivity contribution in [3.05, 3.63) is 54.1 Å². The van der Waals surface area contributed by atoms with E-state index in [9.17, 15) is 0 Å². The second kappa shape index (κ2) is 11.1. The Morgan fingerprint density at radius 2 is 1.45 bits per heavy atom. The molecule has 5 heteroatoms. The highest BCUT2D eigenvalue weighted by Crippen LogP contribution is 2.25. The lowest BCUT2D eigenvalue weighted by molar-refractivity contribution is 0.472. The number of aromatic nitrogens is 2. The van der Waals surface area contributed by atoms with Crippen molar-refractivity contribution in [2.75, 3.05) is 6.54 Å². The van der Waals surface area contributed by atoms with Crippen LogP contribution in [-0.2, 0) is 6.42 Å². The van der Waals surface area contributed by atoms with E-state index in [1.807, 2.05) is 18.2 Å². The van der Waals surface area contributed by atoms with Crippen LogP contribution in [0.4, 0.5) is 0 Å². The van der Waals surface area contributed by atoms with Gasteiger partial charge in [-0.05, 0) is 69.2 Å². The summed E-state index contributed by atoms with van der Waals surface area (Å²) < 4.78 is 0. The summed E-state index contributed by atoms with van der Waals surface area (Å²) in [5, 5.41) is 0. The van der Waals surface area contributed by atoms with Crippen LogP contribution in [0.25, 0.3) is 22.4 Å². The minimum absolute atomic E-state index is 0.245. The van der Waals surface area contributed by atoms with Gasteiger partial charge in [0.1, 0.15) is 5.82 Å². The Morgan fingerprint density at radius 1 is 0.793 bits per heavy atom. The standard InChI is InChI=1S/C24H35N5/c25-17-7-13-20(27)12-6-11-19(26)10-5-9-18-8-1-2-14-21(18)24-28-22-15-3-4-16-23(22)29-24/h1-4,8,14-16,19-20H,5-7,9-13,17,25-27H2,(H,28,29). The summed E-state index contributed by atoms with van der Waals surface area (Å²) >= 11 is 0. The van der Waals surface area contributed by atoms with Gasteiger partial charge in [-0.15, -0.1) is 0 Å². The van der Waals surface area contributed by atoms with Crippen molar-refractivity contribution in [1.29, 1.82) is 0 Å². The van der Waals surface area contributed by atoms with Crippen molar-refractivity contribution in [1.82, 2.24) is 9.97 Å². The smallest absolute Gasteiger partial charge is 0.138 e. The summed E-state index contributed by atoms with van der Waals surface area (Å²) in [5.41, 5.74) is 22.6. The normalized spacial score (nSPS) is 13.6. The number of hydrogen-bond donors (Lipinski definition) is 4. The summed E-state index contributed by atoms with van der Waals surface area (Å²) in [6.07, 6.45) is 8.34. The van der Waals surface area contributed by atoms with Crippen molar-refractivity contribution >= 4 is 11.0 Å². The number of nitrogens with one attached hydrogen (secondary N) is 1. The van der Waals surface area contributed by atoms with Gasteiger partial charge in [-0.25, -0.2) is 4.98 Å². The number of fused-ring (bicyclic) bond motifs is 1. The van der Waals surface area contributed by atoms with Crippen LogP contribution in [0.15, 0.2) is 48.5 Å². The summed E-state index contributed by atoms with van der Waals surface area (Å²) in [6.45, 7) is 0.725. The molecule has 1 heterocycles. The molecular formula is C24H35N5. The minimum Gasteiger partial charge on any atom is -0.338 e. The lowest BCUT2D eigenvalue weighted by Gasteiger charge is -2.15. The molecule has 0 bridgehead atoms. The first kappa shape index (κ1) is 21.5. The Morgan fingerprint density at radius 3 is 2.21 bits per heavy atom. The molecule has 29 heavy (non-hydrogen) atoms. The molecule has 0 amide bonds. The highest BCUT2D eigenvalue weighted by Gasteiger charge is 2.11. The number of aromatic amines is 1. The van der Waals surface area contributed by atoms with Gasteiger partial charge in [-0.2, -0.15) is 0 Å². The third-order valence-corrected chi connectivity index (χ3v) is 5.61. The number of hydrogen-bond acceptors (Lipinski definition) is 4. The van der Waals surface area contributed by atoms with E-state index in [-0.39, 0.29) is 12.1 Å². The van der Waals surface area contributed by atoms with Gasteiger partial charge in [0.2, 0.25) is 0 Å². The Hall–Kier alpha value is -2.21. The van der Waals surface area contributed by atoms with Gasteiger partial charge in [-0.3, -0.25) is 0 Å². The molecule has 7 N–H and O–H groups in total. The highest BCUT2D eigenvalue weighted by molar-refractivity contribution is 5.79. The number of H-pyrrole nitrogens is 1. The molecule has 0 aliphatic heterocycles. The zero-order chi connectivity index (χ0) is 20.5. The molecule has 3 rings (SSSR count). The first-order chi connectivity index (χ1) is 14.2. The van der Waals surface area contributed by atoms with Gasteiger partial charge < -0.3 is 22.2 Å². The molecule has 0 radical (unpaired) electrons. The van der Waals surface area contributed by atoms with Crippen LogP contribution in [0, 0.1) is 0 Å². The van der Waals surface area contributed by atoms with E-state index in [2.05, 4.69) is 35.3 Å². The van der Waals surface area contributed by atoms with Crippen molar-refractivity contribution in [2.24, 2.45) is 17.2 Å². The molecule has 156 valence electrons. The molecule has 2 atom stereocenters. The summed E-state index contributed by atoms with van der Waals surface area (Å²) in [7, 11) is 0. The maximum Gasteiger partial charge on any atom is 0.138 e. The Kier molecular flexibility index (Phi) is 8.23. The number of para-hydroxylation sites is 2. The van der Waals surface area contributed by atoms with Crippen molar-refractivity contribution in [2.45, 2.75) is 63.5 Å². The van der Waals surface area contributed by atoms with Crippen LogP contribution in [-0.4, -0.2) is 28.6 Å². The van der Waals surface area contributed by atoms with E-state index in [0.29, 0.717) is 0 Å². The van der Waals surface area contributed by atoms with Gasteiger partial charge in [0.25, 0.3) is 0 Å². The van der Waals surface area contributed by atoms with Crippen LogP contribution < -0.4 is 17.2 Å². The second-order valence-electron chi connectivity index (χ2n) is 8.03. The van der Waals surface area contributed by atoms with E-state index >= 15 is 0 Å². The predicted molar refractivity (Wildman–Crippen MR) is 123 cm³/mol. The Balaban J connectivity index is 1.49. The third-order valence-electron chi connectivity index (χ3n) is 5.61. The molecule has 0 saturated heterocycles. The van der Waals surface area contributed by atoms with E-state index < -0.39 is 0 Å². The van der Waals surface area contributed by atoms with E-state index in [1.54, 1.807) is 0 Å². The van der Waals surface area contributed by atoms with Crippen LogP contribution >= 0.6 is 0 Å². The second-order valence-corrected chi connectivity index (χ2v) is 8.03. The molecule has 0 spiro atoms. The van der Waals surface area contributed by atoms with Crippen LogP contribution in [0.5, 0.6) is 0 Å².